The first-order chi connectivity index (χ1) is 22.1. The first-order valence-electron chi connectivity index (χ1n) is 13.8. The van der Waals surface area contributed by atoms with Gasteiger partial charge in [0.05, 0.1) is 26.3 Å². The second-order valence-corrected chi connectivity index (χ2v) is 11.6. The molecule has 22 heteroatoms. The lowest BCUT2D eigenvalue weighted by molar-refractivity contribution is -0.383. The Kier molecular flexibility index (Phi) is 12.3. The lowest BCUT2D eigenvalue weighted by Crippen LogP contribution is -2.68. The third-order valence-corrected chi connectivity index (χ3v) is 8.00. The van der Waals surface area contributed by atoms with Gasteiger partial charge in [0.25, 0.3) is 0 Å². The molecule has 1 aromatic carbocycles. The molecule has 0 bridgehead atoms. The highest BCUT2D eigenvalue weighted by Crippen LogP contribution is 2.34. The molecule has 0 aliphatic carbocycles. The standard InChI is InChI=1S/C25H36O21S/c1-39-8-2-4-9(5-3-8)40-24-17(33)20(18(11(7-27)42-24)46-47(36,37)38)44-25-16(32)19(12(28)10(6-26)41-25)43-23-15(31)13(29)14(30)21(45-23)22(34)35/h2-5,10-21,23-33H,6-7H2,1H3,(H,34,35)(H,36,37,38)/p-2/t10-,11-,12+,13+,14+,15-,16-,17-,18+,19+,20-,21+,23-,24-,25+/m1/s1. The van der Waals surface area contributed by atoms with Crippen molar-refractivity contribution in [1.82, 2.24) is 0 Å². The van der Waals surface area contributed by atoms with Crippen LogP contribution < -0.4 is 14.6 Å². The average Bonchev–Trinajstić information content (AvgIpc) is 3.02. The molecular weight excluding hydrogens is 668 g/mol. The molecule has 0 aromatic heterocycles. The third kappa shape index (κ3) is 8.45. The quantitative estimate of drug-likeness (QED) is 0.0740. The number of aliphatic carboxylic acids is 1. The zero-order valence-electron chi connectivity index (χ0n) is 24.2. The van der Waals surface area contributed by atoms with E-state index < -0.39 is 122 Å². The number of benzene rings is 1. The number of carboxylic acid groups (broad SMARTS) is 1. The summed E-state index contributed by atoms with van der Waals surface area (Å²) in [4.78, 5) is 11.4. The van der Waals surface area contributed by atoms with Gasteiger partial charge in [0, 0.05) is 0 Å². The first-order valence-corrected chi connectivity index (χ1v) is 15.2. The Labute approximate surface area is 265 Å². The van der Waals surface area contributed by atoms with Gasteiger partial charge in [0.2, 0.25) is 16.7 Å². The highest BCUT2D eigenvalue weighted by atomic mass is 32.3. The summed E-state index contributed by atoms with van der Waals surface area (Å²) in [5.74, 6) is -1.52. The number of ether oxygens (including phenoxy) is 7. The topological polar surface area (TPSA) is 333 Å². The number of carbonyl (C=O) groups is 1. The van der Waals surface area contributed by atoms with Crippen molar-refractivity contribution in [2.45, 2.75) is 92.1 Å². The van der Waals surface area contributed by atoms with Crippen molar-refractivity contribution in [3.05, 3.63) is 24.3 Å². The van der Waals surface area contributed by atoms with Crippen LogP contribution in [0.25, 0.3) is 0 Å². The van der Waals surface area contributed by atoms with Crippen LogP contribution in [0.2, 0.25) is 0 Å². The normalized spacial score (nSPS) is 41.3. The summed E-state index contributed by atoms with van der Waals surface area (Å²) in [5.41, 5.74) is 0. The van der Waals surface area contributed by atoms with E-state index in [0.29, 0.717) is 5.75 Å². The van der Waals surface area contributed by atoms with E-state index in [2.05, 4.69) is 4.18 Å². The number of aliphatic hydroxyl groups excluding tert-OH is 8. The van der Waals surface area contributed by atoms with E-state index in [0.717, 1.165) is 0 Å². The third-order valence-electron chi connectivity index (χ3n) is 7.54. The second-order valence-electron chi connectivity index (χ2n) is 10.6. The van der Waals surface area contributed by atoms with Crippen LogP contribution in [0.3, 0.4) is 0 Å². The van der Waals surface area contributed by atoms with Crippen LogP contribution in [0.4, 0.5) is 0 Å². The Hall–Kier alpha value is -2.36. The van der Waals surface area contributed by atoms with E-state index in [1.165, 1.54) is 31.4 Å². The molecule has 15 atom stereocenters. The molecule has 1 aromatic rings. The monoisotopic (exact) mass is 702 g/mol. The predicted octanol–water partition coefficient (Wildman–Crippen LogP) is -7.24. The fourth-order valence-corrected chi connectivity index (χ4v) is 5.63. The van der Waals surface area contributed by atoms with Crippen molar-refractivity contribution in [1.29, 1.82) is 0 Å². The smallest absolute Gasteiger partial charge is 0.229 e. The molecule has 3 heterocycles. The van der Waals surface area contributed by atoms with Gasteiger partial charge in [-0.3, -0.25) is 4.18 Å². The minimum Gasteiger partial charge on any atom is -0.726 e. The van der Waals surface area contributed by atoms with E-state index in [1.807, 2.05) is 0 Å². The number of carboxylic acids is 1. The Balaban J connectivity index is 1.62. The summed E-state index contributed by atoms with van der Waals surface area (Å²) in [6, 6.07) is 5.75. The maximum absolute atomic E-state index is 11.6. The van der Waals surface area contributed by atoms with E-state index >= 15 is 0 Å². The van der Waals surface area contributed by atoms with Gasteiger partial charge >= 0.3 is 0 Å². The van der Waals surface area contributed by atoms with E-state index in [9.17, 15) is 63.7 Å². The van der Waals surface area contributed by atoms with Crippen molar-refractivity contribution in [2.75, 3.05) is 20.3 Å². The maximum atomic E-state index is 11.6. The van der Waals surface area contributed by atoms with Gasteiger partial charge < -0.3 is 88.5 Å². The van der Waals surface area contributed by atoms with Crippen LogP contribution in [-0.2, 0) is 43.1 Å². The number of methoxy groups -OCH3 is 1. The summed E-state index contributed by atoms with van der Waals surface area (Å²) in [7, 11) is -4.18. The molecule has 3 aliphatic heterocycles. The molecule has 3 aliphatic rings. The highest BCUT2D eigenvalue weighted by Gasteiger charge is 2.55. The second kappa shape index (κ2) is 15.5. The fourth-order valence-electron chi connectivity index (χ4n) is 5.13. The SMILES string of the molecule is COc1ccc(O[C@@H]2O[C@H](CO)[C@H](OS(=O)(=O)[O-])[C@H](O[C@@H]3O[C@H](CO)[C@H](O)[C@H](O[C@@H]4O[C@H](C(=O)[O-])[C@@H](O)[C@H](O)[C@H]4O)[C@H]3O)[C@H]2O)cc1. The Morgan fingerprint density at radius 1 is 0.723 bits per heavy atom. The molecule has 0 unspecified atom stereocenters. The number of aliphatic hydroxyl groups is 8. The number of rotatable bonds is 12. The van der Waals surface area contributed by atoms with Crippen molar-refractivity contribution < 1.29 is 101 Å². The highest BCUT2D eigenvalue weighted by molar-refractivity contribution is 7.80. The zero-order valence-corrected chi connectivity index (χ0v) is 25.0. The summed E-state index contributed by atoms with van der Waals surface area (Å²) >= 11 is 0. The van der Waals surface area contributed by atoms with Gasteiger partial charge in [0.15, 0.2) is 12.6 Å². The van der Waals surface area contributed by atoms with E-state index in [4.69, 9.17) is 33.2 Å². The van der Waals surface area contributed by atoms with Crippen LogP contribution in [0, 0.1) is 0 Å². The lowest BCUT2D eigenvalue weighted by Gasteiger charge is -2.48. The molecule has 3 fully saturated rings. The lowest BCUT2D eigenvalue weighted by atomic mass is 9.96. The largest absolute Gasteiger partial charge is 0.726 e. The van der Waals surface area contributed by atoms with Gasteiger partial charge in [-0.1, -0.05) is 0 Å². The summed E-state index contributed by atoms with van der Waals surface area (Å²) in [5, 5.41) is 94.5. The summed E-state index contributed by atoms with van der Waals surface area (Å²) in [6.45, 7) is -2.03. The average molecular weight is 703 g/mol. The Morgan fingerprint density at radius 2 is 1.26 bits per heavy atom. The van der Waals surface area contributed by atoms with Crippen LogP contribution in [0.5, 0.6) is 11.5 Å². The van der Waals surface area contributed by atoms with Gasteiger partial charge in [-0.2, -0.15) is 0 Å². The molecule has 0 saturated carbocycles. The van der Waals surface area contributed by atoms with Gasteiger partial charge in [-0.25, -0.2) is 8.42 Å². The number of hydrogen-bond donors (Lipinski definition) is 8. The minimum absolute atomic E-state index is 0.0696. The fraction of sp³-hybridized carbons (Fsp3) is 0.720. The molecule has 0 spiro atoms. The molecule has 8 N–H and O–H groups in total. The molecule has 4 rings (SSSR count). The van der Waals surface area contributed by atoms with Crippen molar-refractivity contribution in [2.24, 2.45) is 0 Å². The van der Waals surface area contributed by atoms with Crippen molar-refractivity contribution >= 4 is 16.4 Å². The molecule has 21 nitrogen and oxygen atoms in total. The molecule has 3 saturated heterocycles. The minimum atomic E-state index is -5.58. The molecule has 268 valence electrons. The zero-order chi connectivity index (χ0) is 34.8. The molecule has 0 amide bonds. The van der Waals surface area contributed by atoms with Gasteiger partial charge in [-0.15, -0.1) is 0 Å². The van der Waals surface area contributed by atoms with Crippen LogP contribution >= 0.6 is 0 Å². The van der Waals surface area contributed by atoms with Crippen LogP contribution in [0.15, 0.2) is 24.3 Å². The van der Waals surface area contributed by atoms with E-state index in [-0.39, 0.29) is 5.75 Å². The summed E-state index contributed by atoms with van der Waals surface area (Å²) in [6.07, 6.45) is -30.7. The number of carbonyl (C=O) groups excluding carboxylic acids is 1. The Bertz CT molecular complexity index is 1280. The van der Waals surface area contributed by atoms with Crippen molar-refractivity contribution in [3.63, 3.8) is 0 Å². The Morgan fingerprint density at radius 3 is 1.81 bits per heavy atom. The first kappa shape index (κ1) is 37.5. The van der Waals surface area contributed by atoms with Gasteiger partial charge in [-0.05, 0) is 24.3 Å². The molecule has 47 heavy (non-hydrogen) atoms. The predicted molar refractivity (Wildman–Crippen MR) is 139 cm³/mol. The molecular formula is C25H34O21S-2. The van der Waals surface area contributed by atoms with Gasteiger partial charge in [0.1, 0.15) is 84.7 Å². The van der Waals surface area contributed by atoms with E-state index in [1.54, 1.807) is 0 Å². The molecule has 0 radical (unpaired) electrons. The van der Waals surface area contributed by atoms with Crippen LogP contribution in [-0.4, -0.2) is 172 Å². The van der Waals surface area contributed by atoms with Crippen LogP contribution in [0.1, 0.15) is 0 Å². The van der Waals surface area contributed by atoms with Crippen molar-refractivity contribution in [3.8, 4) is 11.5 Å². The summed E-state index contributed by atoms with van der Waals surface area (Å²) < 4.78 is 76.7. The maximum Gasteiger partial charge on any atom is 0.229 e. The number of hydrogen-bond acceptors (Lipinski definition) is 21.